The zero-order chi connectivity index (χ0) is 7.98. The number of hydrogen-bond donors (Lipinski definition) is 0. The van der Waals surface area contributed by atoms with E-state index in [9.17, 15) is 4.79 Å². The van der Waals surface area contributed by atoms with Crippen LogP contribution in [-0.2, 0) is 9.53 Å². The summed E-state index contributed by atoms with van der Waals surface area (Å²) in [5.74, 6) is -0.318. The lowest BCUT2D eigenvalue weighted by molar-refractivity contribution is -0.134. The average Bonchev–Trinajstić information content (AvgIpc) is 1.87. The van der Waals surface area contributed by atoms with Gasteiger partial charge in [-0.3, -0.25) is 0 Å². The van der Waals surface area contributed by atoms with Gasteiger partial charge in [-0.05, 0) is 13.3 Å². The Morgan fingerprint density at radius 1 is 1.70 bits per heavy atom. The van der Waals surface area contributed by atoms with Crippen LogP contribution in [0.4, 0.5) is 0 Å². The minimum Gasteiger partial charge on any atom is -0.466 e. The molecule has 56 valence electrons. The molecule has 0 spiro atoms. The Balaban J connectivity index is 3.56. The van der Waals surface area contributed by atoms with Crippen LogP contribution >= 0.6 is 0 Å². The first-order valence-electron chi connectivity index (χ1n) is 3.05. The molecule has 2 nitrogen and oxygen atoms in total. The van der Waals surface area contributed by atoms with E-state index in [1.807, 2.05) is 6.92 Å². The van der Waals surface area contributed by atoms with Gasteiger partial charge in [0.2, 0.25) is 0 Å². The van der Waals surface area contributed by atoms with Crippen molar-refractivity contribution in [3.63, 3.8) is 0 Å². The van der Waals surface area contributed by atoms with Crippen LogP contribution in [0.2, 0.25) is 0 Å². The Morgan fingerprint density at radius 3 is 2.70 bits per heavy atom. The molecule has 0 unspecified atom stereocenters. The fourth-order valence-electron chi connectivity index (χ4n) is 0.424. The van der Waals surface area contributed by atoms with Gasteiger partial charge in [-0.1, -0.05) is 18.2 Å². The molecular weight excluding hydrogens is 128 g/mol. The number of rotatable bonds is 3. The molecule has 0 aliphatic rings. The number of esters is 1. The second kappa shape index (κ2) is 4.79. The van der Waals surface area contributed by atoms with Crippen LogP contribution in [0, 0.1) is 0 Å². The SMILES string of the molecule is C=C(C)C/C=C/C(=O)OC. The van der Waals surface area contributed by atoms with Gasteiger partial charge in [-0.2, -0.15) is 0 Å². The second-order valence-electron chi connectivity index (χ2n) is 2.09. The molecule has 0 atom stereocenters. The van der Waals surface area contributed by atoms with Crippen LogP contribution in [0.1, 0.15) is 13.3 Å². The highest BCUT2D eigenvalue weighted by atomic mass is 16.5. The number of carbonyl (C=O) groups is 1. The van der Waals surface area contributed by atoms with Gasteiger partial charge in [0.05, 0.1) is 7.11 Å². The van der Waals surface area contributed by atoms with E-state index in [2.05, 4.69) is 11.3 Å². The van der Waals surface area contributed by atoms with Gasteiger partial charge >= 0.3 is 5.97 Å². The maximum atomic E-state index is 10.5. The van der Waals surface area contributed by atoms with E-state index in [0.29, 0.717) is 0 Å². The molecule has 0 rings (SSSR count). The molecule has 0 aliphatic carbocycles. The first-order valence-corrected chi connectivity index (χ1v) is 3.05. The topological polar surface area (TPSA) is 26.3 Å². The summed E-state index contributed by atoms with van der Waals surface area (Å²) in [5.41, 5.74) is 1.03. The molecule has 0 N–H and O–H groups in total. The van der Waals surface area contributed by atoms with Gasteiger partial charge in [-0.15, -0.1) is 0 Å². The quantitative estimate of drug-likeness (QED) is 0.338. The summed E-state index contributed by atoms with van der Waals surface area (Å²) in [6.07, 6.45) is 3.86. The van der Waals surface area contributed by atoms with Crippen LogP contribution in [0.25, 0.3) is 0 Å². The maximum absolute atomic E-state index is 10.5. The largest absolute Gasteiger partial charge is 0.466 e. The average molecular weight is 140 g/mol. The highest BCUT2D eigenvalue weighted by Gasteiger charge is 1.88. The fourth-order valence-corrected chi connectivity index (χ4v) is 0.424. The minimum absolute atomic E-state index is 0.318. The first-order chi connectivity index (χ1) is 4.66. The summed E-state index contributed by atoms with van der Waals surface area (Å²) in [7, 11) is 1.35. The van der Waals surface area contributed by atoms with Gasteiger partial charge in [0.15, 0.2) is 0 Å². The van der Waals surface area contributed by atoms with E-state index in [1.165, 1.54) is 13.2 Å². The van der Waals surface area contributed by atoms with Crippen molar-refractivity contribution >= 4 is 5.97 Å². The Morgan fingerprint density at radius 2 is 2.30 bits per heavy atom. The van der Waals surface area contributed by atoms with Crippen LogP contribution < -0.4 is 0 Å². The standard InChI is InChI=1S/C8H12O2/c1-7(2)5-4-6-8(9)10-3/h4,6H,1,5H2,2-3H3/b6-4+. The van der Waals surface area contributed by atoms with Gasteiger partial charge in [0, 0.05) is 6.08 Å². The second-order valence-corrected chi connectivity index (χ2v) is 2.09. The molecule has 0 saturated carbocycles. The van der Waals surface area contributed by atoms with Crippen molar-refractivity contribution < 1.29 is 9.53 Å². The van der Waals surface area contributed by atoms with E-state index in [1.54, 1.807) is 6.08 Å². The van der Waals surface area contributed by atoms with Crippen molar-refractivity contribution in [2.24, 2.45) is 0 Å². The molecule has 0 amide bonds. The summed E-state index contributed by atoms with van der Waals surface area (Å²) in [6.45, 7) is 5.58. The van der Waals surface area contributed by atoms with Crippen molar-refractivity contribution in [2.45, 2.75) is 13.3 Å². The third kappa shape index (κ3) is 5.09. The first kappa shape index (κ1) is 8.95. The summed E-state index contributed by atoms with van der Waals surface area (Å²) in [5, 5.41) is 0. The van der Waals surface area contributed by atoms with Crippen LogP contribution in [-0.4, -0.2) is 13.1 Å². The molecule has 0 aromatic heterocycles. The predicted molar refractivity (Wildman–Crippen MR) is 40.6 cm³/mol. The van der Waals surface area contributed by atoms with E-state index in [-0.39, 0.29) is 5.97 Å². The molecule has 10 heavy (non-hydrogen) atoms. The van der Waals surface area contributed by atoms with Crippen LogP contribution in [0.5, 0.6) is 0 Å². The number of carbonyl (C=O) groups excluding carboxylic acids is 1. The van der Waals surface area contributed by atoms with Crippen molar-refractivity contribution in [3.05, 3.63) is 24.3 Å². The third-order valence-corrected chi connectivity index (χ3v) is 0.921. The highest BCUT2D eigenvalue weighted by Crippen LogP contribution is 1.95. The van der Waals surface area contributed by atoms with Crippen molar-refractivity contribution in [2.75, 3.05) is 7.11 Å². The molecular formula is C8H12O2. The van der Waals surface area contributed by atoms with Gasteiger partial charge in [0.1, 0.15) is 0 Å². The molecule has 0 heterocycles. The summed E-state index contributed by atoms with van der Waals surface area (Å²) < 4.78 is 4.38. The number of methoxy groups -OCH3 is 1. The zero-order valence-electron chi connectivity index (χ0n) is 6.39. The van der Waals surface area contributed by atoms with Gasteiger partial charge in [0.25, 0.3) is 0 Å². The molecule has 0 fully saturated rings. The minimum atomic E-state index is -0.318. The normalized spacial score (nSPS) is 9.80. The van der Waals surface area contributed by atoms with E-state index in [4.69, 9.17) is 0 Å². The Kier molecular flexibility index (Phi) is 4.29. The summed E-state index contributed by atoms with van der Waals surface area (Å²) in [6, 6.07) is 0. The summed E-state index contributed by atoms with van der Waals surface area (Å²) >= 11 is 0. The monoisotopic (exact) mass is 140 g/mol. The fraction of sp³-hybridized carbons (Fsp3) is 0.375. The predicted octanol–water partition coefficient (Wildman–Crippen LogP) is 1.68. The lowest BCUT2D eigenvalue weighted by Crippen LogP contribution is -1.93. The summed E-state index contributed by atoms with van der Waals surface area (Å²) in [4.78, 5) is 10.5. The molecule has 0 aliphatic heterocycles. The maximum Gasteiger partial charge on any atom is 0.330 e. The molecule has 0 aromatic rings. The molecule has 0 radical (unpaired) electrons. The van der Waals surface area contributed by atoms with Crippen molar-refractivity contribution in [3.8, 4) is 0 Å². The zero-order valence-corrected chi connectivity index (χ0v) is 6.39. The molecule has 2 heteroatoms. The van der Waals surface area contributed by atoms with Crippen molar-refractivity contribution in [1.29, 1.82) is 0 Å². The van der Waals surface area contributed by atoms with E-state index >= 15 is 0 Å². The van der Waals surface area contributed by atoms with Gasteiger partial charge < -0.3 is 4.74 Å². The number of hydrogen-bond acceptors (Lipinski definition) is 2. The molecule has 0 aromatic carbocycles. The Labute approximate surface area is 61.2 Å². The Hall–Kier alpha value is -1.05. The van der Waals surface area contributed by atoms with E-state index < -0.39 is 0 Å². The smallest absolute Gasteiger partial charge is 0.330 e. The lowest BCUT2D eigenvalue weighted by atomic mass is 10.2. The van der Waals surface area contributed by atoms with Crippen molar-refractivity contribution in [1.82, 2.24) is 0 Å². The Bertz CT molecular complexity index is 157. The molecule has 0 bridgehead atoms. The van der Waals surface area contributed by atoms with Gasteiger partial charge in [-0.25, -0.2) is 4.79 Å². The lowest BCUT2D eigenvalue weighted by Gasteiger charge is -1.89. The van der Waals surface area contributed by atoms with Crippen LogP contribution in [0.15, 0.2) is 24.3 Å². The number of ether oxygens (including phenoxy) is 1. The molecule has 0 saturated heterocycles. The number of allylic oxidation sites excluding steroid dienone is 2. The van der Waals surface area contributed by atoms with E-state index in [0.717, 1.165) is 12.0 Å². The third-order valence-electron chi connectivity index (χ3n) is 0.921. The van der Waals surface area contributed by atoms with Crippen LogP contribution in [0.3, 0.4) is 0 Å². The highest BCUT2D eigenvalue weighted by molar-refractivity contribution is 5.81.